The lowest BCUT2D eigenvalue weighted by Gasteiger charge is -2.04. The number of rotatable bonds is 5. The molecule has 20 heavy (non-hydrogen) atoms. The highest BCUT2D eigenvalue weighted by atomic mass is 35.5. The van der Waals surface area contributed by atoms with E-state index >= 15 is 0 Å². The summed E-state index contributed by atoms with van der Waals surface area (Å²) in [5.41, 5.74) is 8.79. The zero-order valence-corrected chi connectivity index (χ0v) is 12.7. The second-order valence-electron chi connectivity index (χ2n) is 4.31. The first-order valence-electron chi connectivity index (χ1n) is 6.08. The highest BCUT2D eigenvalue weighted by Crippen LogP contribution is 2.19. The van der Waals surface area contributed by atoms with Crippen molar-refractivity contribution < 1.29 is 0 Å². The lowest BCUT2D eigenvalue weighted by atomic mass is 10.1. The van der Waals surface area contributed by atoms with Gasteiger partial charge in [-0.25, -0.2) is 9.97 Å². The Labute approximate surface area is 127 Å². The van der Waals surface area contributed by atoms with E-state index in [0.29, 0.717) is 16.1 Å². The molecule has 104 valence electrons. The van der Waals surface area contributed by atoms with Crippen molar-refractivity contribution in [2.45, 2.75) is 18.5 Å². The highest BCUT2D eigenvalue weighted by Gasteiger charge is 2.03. The third kappa shape index (κ3) is 4.21. The van der Waals surface area contributed by atoms with Crippen LogP contribution in [0.4, 0.5) is 5.82 Å². The van der Waals surface area contributed by atoms with E-state index in [1.54, 1.807) is 6.20 Å². The number of thioether (sulfide) groups is 1. The van der Waals surface area contributed by atoms with Crippen molar-refractivity contribution in [3.8, 4) is 0 Å². The highest BCUT2D eigenvalue weighted by molar-refractivity contribution is 7.99. The summed E-state index contributed by atoms with van der Waals surface area (Å²) in [5, 5.41) is 0.952. The Morgan fingerprint density at radius 1 is 1.40 bits per heavy atom. The van der Waals surface area contributed by atoms with Gasteiger partial charge in [0.2, 0.25) is 0 Å². The molecule has 0 unspecified atom stereocenters. The van der Waals surface area contributed by atoms with Crippen molar-refractivity contribution in [3.63, 3.8) is 0 Å². The summed E-state index contributed by atoms with van der Waals surface area (Å²) in [6.45, 7) is 5.91. The normalized spacial score (nSPS) is 10.5. The van der Waals surface area contributed by atoms with Gasteiger partial charge in [-0.3, -0.25) is 4.98 Å². The molecule has 0 saturated carbocycles. The average molecular weight is 307 g/mol. The Balaban J connectivity index is 1.95. The Kier molecular flexibility index (Phi) is 4.98. The molecule has 0 fully saturated rings. The Bertz CT molecular complexity index is 610. The molecule has 0 radical (unpaired) electrons. The predicted molar refractivity (Wildman–Crippen MR) is 84.8 cm³/mol. The minimum absolute atomic E-state index is 0.363. The van der Waals surface area contributed by atoms with Gasteiger partial charge in [0.15, 0.2) is 5.16 Å². The molecular formula is C14H15ClN4S. The number of hydrogen-bond donors (Lipinski definition) is 1. The van der Waals surface area contributed by atoms with Gasteiger partial charge in [0.05, 0.1) is 0 Å². The molecule has 0 aliphatic heterocycles. The number of allylic oxidation sites excluding steroid dienone is 1. The van der Waals surface area contributed by atoms with Crippen LogP contribution in [-0.4, -0.2) is 20.7 Å². The van der Waals surface area contributed by atoms with Gasteiger partial charge in [-0.2, -0.15) is 0 Å². The van der Waals surface area contributed by atoms with E-state index in [2.05, 4.69) is 27.6 Å². The molecule has 0 aromatic carbocycles. The molecule has 0 spiro atoms. The first kappa shape index (κ1) is 14.8. The molecule has 2 aromatic rings. The van der Waals surface area contributed by atoms with Gasteiger partial charge in [-0.1, -0.05) is 35.5 Å². The molecule has 0 aliphatic carbocycles. The number of anilines is 1. The maximum absolute atomic E-state index is 5.84. The summed E-state index contributed by atoms with van der Waals surface area (Å²) in [7, 11) is 0. The third-order valence-electron chi connectivity index (χ3n) is 2.59. The monoisotopic (exact) mass is 306 g/mol. The van der Waals surface area contributed by atoms with Crippen LogP contribution in [0.1, 0.15) is 18.2 Å². The average Bonchev–Trinajstić information content (AvgIpc) is 2.38. The smallest absolute Gasteiger partial charge is 0.190 e. The number of nitrogens with two attached hydrogens (primary N) is 1. The van der Waals surface area contributed by atoms with Crippen molar-refractivity contribution in [2.75, 3.05) is 11.5 Å². The number of halogens is 1. The number of pyridine rings is 1. The fourth-order valence-corrected chi connectivity index (χ4v) is 2.67. The van der Waals surface area contributed by atoms with E-state index in [1.165, 1.54) is 17.8 Å². The fourth-order valence-electron chi connectivity index (χ4n) is 1.61. The van der Waals surface area contributed by atoms with Gasteiger partial charge in [0.25, 0.3) is 0 Å². The van der Waals surface area contributed by atoms with Crippen molar-refractivity contribution in [2.24, 2.45) is 0 Å². The van der Waals surface area contributed by atoms with Crippen LogP contribution in [0.25, 0.3) is 5.57 Å². The summed E-state index contributed by atoms with van der Waals surface area (Å²) in [6.07, 6.45) is 2.62. The first-order valence-corrected chi connectivity index (χ1v) is 7.44. The van der Waals surface area contributed by atoms with Gasteiger partial charge in [-0.15, -0.1) is 0 Å². The van der Waals surface area contributed by atoms with E-state index in [4.69, 9.17) is 17.3 Å². The van der Waals surface area contributed by atoms with Crippen LogP contribution >= 0.6 is 23.4 Å². The van der Waals surface area contributed by atoms with Gasteiger partial charge in [0.1, 0.15) is 11.0 Å². The third-order valence-corrected chi connectivity index (χ3v) is 3.64. The van der Waals surface area contributed by atoms with E-state index in [-0.39, 0.29) is 0 Å². The summed E-state index contributed by atoms with van der Waals surface area (Å²) in [5.74, 6) is 1.20. The molecular weight excluding hydrogens is 292 g/mol. The molecule has 4 nitrogen and oxygen atoms in total. The zero-order chi connectivity index (χ0) is 14.5. The number of aromatic nitrogens is 3. The molecule has 0 aliphatic rings. The van der Waals surface area contributed by atoms with Crippen LogP contribution in [0, 0.1) is 0 Å². The fraction of sp³-hybridized carbons (Fsp3) is 0.214. The van der Waals surface area contributed by atoms with Crippen LogP contribution in [0.3, 0.4) is 0 Å². The Morgan fingerprint density at radius 2 is 2.20 bits per heavy atom. The number of nitrogen functional groups attached to an aromatic ring is 1. The topological polar surface area (TPSA) is 64.7 Å². The lowest BCUT2D eigenvalue weighted by molar-refractivity contribution is 0.968. The minimum Gasteiger partial charge on any atom is -0.384 e. The van der Waals surface area contributed by atoms with Crippen LogP contribution in [-0.2, 0) is 6.42 Å². The molecule has 2 aromatic heterocycles. The maximum Gasteiger partial charge on any atom is 0.190 e. The standard InChI is InChI=1S/C14H15ClN4S/c1-9(2)10-3-5-17-11(7-10)4-6-20-14-18-12(15)8-13(16)19-14/h3,5,7-8H,1,4,6H2,2H3,(H2,16,18,19). The molecule has 0 amide bonds. The van der Waals surface area contributed by atoms with Crippen LogP contribution < -0.4 is 5.73 Å². The second kappa shape index (κ2) is 6.72. The van der Waals surface area contributed by atoms with E-state index in [9.17, 15) is 0 Å². The molecule has 6 heteroatoms. The zero-order valence-electron chi connectivity index (χ0n) is 11.1. The van der Waals surface area contributed by atoms with E-state index in [1.807, 2.05) is 13.0 Å². The Morgan fingerprint density at radius 3 is 2.90 bits per heavy atom. The number of hydrogen-bond acceptors (Lipinski definition) is 5. The SMILES string of the molecule is C=C(C)c1ccnc(CCSc2nc(N)cc(Cl)n2)c1. The largest absolute Gasteiger partial charge is 0.384 e. The van der Waals surface area contributed by atoms with Crippen molar-refractivity contribution >= 4 is 34.8 Å². The van der Waals surface area contributed by atoms with Gasteiger partial charge >= 0.3 is 0 Å². The summed E-state index contributed by atoms with van der Waals surface area (Å²) >= 11 is 7.34. The first-order chi connectivity index (χ1) is 9.54. The van der Waals surface area contributed by atoms with Gasteiger partial charge in [-0.05, 0) is 31.0 Å². The molecule has 2 rings (SSSR count). The summed E-state index contributed by atoms with van der Waals surface area (Å²) in [4.78, 5) is 12.6. The van der Waals surface area contributed by atoms with Crippen molar-refractivity contribution in [1.82, 2.24) is 15.0 Å². The van der Waals surface area contributed by atoms with Gasteiger partial charge < -0.3 is 5.73 Å². The van der Waals surface area contributed by atoms with Crippen LogP contribution in [0.15, 0.2) is 36.1 Å². The van der Waals surface area contributed by atoms with Crippen molar-refractivity contribution in [1.29, 1.82) is 0 Å². The molecule has 0 saturated heterocycles. The van der Waals surface area contributed by atoms with E-state index in [0.717, 1.165) is 29.0 Å². The molecule has 2 N–H and O–H groups in total. The number of aryl methyl sites for hydroxylation is 1. The van der Waals surface area contributed by atoms with Gasteiger partial charge in [0, 0.05) is 23.7 Å². The van der Waals surface area contributed by atoms with Crippen LogP contribution in [0.5, 0.6) is 0 Å². The predicted octanol–water partition coefficient (Wildman–Crippen LogP) is 3.48. The molecule has 2 heterocycles. The lowest BCUT2D eigenvalue weighted by Crippen LogP contribution is -1.97. The Hall–Kier alpha value is -1.59. The van der Waals surface area contributed by atoms with Crippen molar-refractivity contribution in [3.05, 3.63) is 47.4 Å². The summed E-state index contributed by atoms with van der Waals surface area (Å²) in [6, 6.07) is 5.54. The molecule has 0 atom stereocenters. The number of nitrogens with zero attached hydrogens (tertiary/aromatic N) is 3. The molecule has 0 bridgehead atoms. The second-order valence-corrected chi connectivity index (χ2v) is 5.76. The van der Waals surface area contributed by atoms with E-state index < -0.39 is 0 Å². The minimum atomic E-state index is 0.363. The summed E-state index contributed by atoms with van der Waals surface area (Å²) < 4.78 is 0. The van der Waals surface area contributed by atoms with Crippen LogP contribution in [0.2, 0.25) is 5.15 Å². The quantitative estimate of drug-likeness (QED) is 0.520. The maximum atomic E-state index is 5.84.